The summed E-state index contributed by atoms with van der Waals surface area (Å²) in [6.07, 6.45) is 5.54. The number of piperidine rings is 1. The molecular weight excluding hydrogens is 489 g/mol. The molecule has 1 saturated heterocycles. The topological polar surface area (TPSA) is 60.0 Å². The van der Waals surface area contributed by atoms with Crippen molar-refractivity contribution in [3.05, 3.63) is 48.0 Å². The fourth-order valence-corrected chi connectivity index (χ4v) is 4.04. The Balaban J connectivity index is 0.00000320. The van der Waals surface area contributed by atoms with Gasteiger partial charge in [-0.1, -0.05) is 30.3 Å². The van der Waals surface area contributed by atoms with E-state index in [2.05, 4.69) is 41.2 Å². The van der Waals surface area contributed by atoms with Gasteiger partial charge in [0.25, 0.3) is 0 Å². The largest absolute Gasteiger partial charge is 0.357 e. The number of halogens is 1. The Morgan fingerprint density at radius 1 is 1.23 bits per heavy atom. The second-order valence-corrected chi connectivity index (χ2v) is 7.89. The van der Waals surface area contributed by atoms with Crippen LogP contribution < -0.4 is 10.6 Å². The van der Waals surface area contributed by atoms with Crippen LogP contribution in [0.4, 0.5) is 0 Å². The molecule has 1 amide bonds. The number of hydrogen-bond donors (Lipinski definition) is 2. The molecule has 0 aromatic heterocycles. The molecule has 0 bridgehead atoms. The number of benzene rings is 1. The lowest BCUT2D eigenvalue weighted by molar-refractivity contribution is -0.131. The summed E-state index contributed by atoms with van der Waals surface area (Å²) < 4.78 is 0. The predicted molar refractivity (Wildman–Crippen MR) is 134 cm³/mol. The van der Waals surface area contributed by atoms with E-state index in [1.54, 1.807) is 0 Å². The van der Waals surface area contributed by atoms with Crippen molar-refractivity contribution in [1.82, 2.24) is 20.4 Å². The van der Waals surface area contributed by atoms with Crippen molar-refractivity contribution in [2.24, 2.45) is 4.99 Å². The Morgan fingerprint density at radius 3 is 2.50 bits per heavy atom. The van der Waals surface area contributed by atoms with Crippen LogP contribution in [0.15, 0.2) is 41.9 Å². The molecule has 2 heterocycles. The van der Waals surface area contributed by atoms with Gasteiger partial charge in [-0.2, -0.15) is 0 Å². The Hall–Kier alpha value is -1.61. The predicted octanol–water partition coefficient (Wildman–Crippen LogP) is 3.13. The zero-order valence-corrected chi connectivity index (χ0v) is 20.4. The SMILES string of the molecule is C=CCN1CCC(NC(=NCCCC(=O)N2Cc3ccccc3C2)NCC)CC1.I. The summed E-state index contributed by atoms with van der Waals surface area (Å²) in [7, 11) is 0. The molecule has 3 rings (SSSR count). The number of nitrogens with one attached hydrogen (secondary N) is 2. The quantitative estimate of drug-likeness (QED) is 0.180. The van der Waals surface area contributed by atoms with Gasteiger partial charge in [-0.3, -0.25) is 14.7 Å². The van der Waals surface area contributed by atoms with Crippen LogP contribution in [-0.2, 0) is 17.9 Å². The Labute approximate surface area is 198 Å². The first-order chi connectivity index (χ1) is 14.2. The smallest absolute Gasteiger partial charge is 0.223 e. The third kappa shape index (κ3) is 7.27. The third-order valence-corrected chi connectivity index (χ3v) is 5.67. The van der Waals surface area contributed by atoms with Crippen molar-refractivity contribution in [2.75, 3.05) is 32.7 Å². The average molecular weight is 525 g/mol. The van der Waals surface area contributed by atoms with Crippen molar-refractivity contribution < 1.29 is 4.79 Å². The van der Waals surface area contributed by atoms with Crippen LogP contribution in [0.2, 0.25) is 0 Å². The molecule has 2 aliphatic rings. The maximum absolute atomic E-state index is 12.5. The van der Waals surface area contributed by atoms with E-state index in [-0.39, 0.29) is 29.9 Å². The van der Waals surface area contributed by atoms with Gasteiger partial charge in [-0.15, -0.1) is 30.6 Å². The molecule has 6 nitrogen and oxygen atoms in total. The molecule has 2 aliphatic heterocycles. The number of rotatable bonds is 8. The summed E-state index contributed by atoms with van der Waals surface area (Å²) in [6.45, 7) is 12.0. The Kier molecular flexibility index (Phi) is 10.6. The van der Waals surface area contributed by atoms with Crippen LogP contribution >= 0.6 is 24.0 Å². The highest BCUT2D eigenvalue weighted by atomic mass is 127. The van der Waals surface area contributed by atoms with Crippen molar-refractivity contribution in [3.8, 4) is 0 Å². The Morgan fingerprint density at radius 2 is 1.90 bits per heavy atom. The van der Waals surface area contributed by atoms with Crippen LogP contribution in [0.1, 0.15) is 43.7 Å². The lowest BCUT2D eigenvalue weighted by Gasteiger charge is -2.32. The van der Waals surface area contributed by atoms with Crippen molar-refractivity contribution in [2.45, 2.75) is 51.7 Å². The van der Waals surface area contributed by atoms with Gasteiger partial charge in [0.05, 0.1) is 0 Å². The number of guanidine groups is 1. The fraction of sp³-hybridized carbons (Fsp3) is 0.565. The molecule has 0 atom stereocenters. The van der Waals surface area contributed by atoms with Gasteiger partial charge in [0.1, 0.15) is 0 Å². The molecule has 1 fully saturated rings. The number of carbonyl (C=O) groups is 1. The average Bonchev–Trinajstić information content (AvgIpc) is 3.17. The monoisotopic (exact) mass is 525 g/mol. The molecule has 0 unspecified atom stereocenters. The second-order valence-electron chi connectivity index (χ2n) is 7.89. The minimum Gasteiger partial charge on any atom is -0.357 e. The number of hydrogen-bond acceptors (Lipinski definition) is 3. The van der Waals surface area contributed by atoms with Crippen LogP contribution in [0.3, 0.4) is 0 Å². The summed E-state index contributed by atoms with van der Waals surface area (Å²) in [6, 6.07) is 8.77. The molecule has 0 radical (unpaired) electrons. The van der Waals surface area contributed by atoms with E-state index in [0.29, 0.717) is 19.0 Å². The molecule has 1 aromatic carbocycles. The van der Waals surface area contributed by atoms with E-state index >= 15 is 0 Å². The minimum atomic E-state index is 0. The summed E-state index contributed by atoms with van der Waals surface area (Å²) in [5.41, 5.74) is 2.55. The summed E-state index contributed by atoms with van der Waals surface area (Å²) in [4.78, 5) is 21.6. The molecule has 166 valence electrons. The minimum absolute atomic E-state index is 0. The lowest BCUT2D eigenvalue weighted by Crippen LogP contribution is -2.48. The van der Waals surface area contributed by atoms with Gasteiger partial charge in [0, 0.05) is 58.3 Å². The number of nitrogens with zero attached hydrogens (tertiary/aromatic N) is 3. The van der Waals surface area contributed by atoms with E-state index in [1.807, 2.05) is 23.1 Å². The lowest BCUT2D eigenvalue weighted by atomic mass is 10.1. The van der Waals surface area contributed by atoms with Crippen molar-refractivity contribution in [1.29, 1.82) is 0 Å². The molecule has 0 saturated carbocycles. The first-order valence-electron chi connectivity index (χ1n) is 10.9. The van der Waals surface area contributed by atoms with Crippen LogP contribution in [0.5, 0.6) is 0 Å². The third-order valence-electron chi connectivity index (χ3n) is 5.67. The van der Waals surface area contributed by atoms with Gasteiger partial charge in [-0.25, -0.2) is 0 Å². The van der Waals surface area contributed by atoms with Crippen LogP contribution in [-0.4, -0.2) is 60.4 Å². The van der Waals surface area contributed by atoms with Crippen molar-refractivity contribution >= 4 is 35.8 Å². The molecule has 0 spiro atoms. The fourth-order valence-electron chi connectivity index (χ4n) is 4.04. The summed E-state index contributed by atoms with van der Waals surface area (Å²) >= 11 is 0. The number of likely N-dealkylation sites (tertiary alicyclic amines) is 1. The number of fused-ring (bicyclic) bond motifs is 1. The van der Waals surface area contributed by atoms with Gasteiger partial charge >= 0.3 is 0 Å². The highest BCUT2D eigenvalue weighted by molar-refractivity contribution is 14.0. The van der Waals surface area contributed by atoms with Gasteiger partial charge in [0.15, 0.2) is 5.96 Å². The molecule has 30 heavy (non-hydrogen) atoms. The Bertz CT molecular complexity index is 690. The summed E-state index contributed by atoms with van der Waals surface area (Å²) in [5.74, 6) is 1.10. The summed E-state index contributed by atoms with van der Waals surface area (Å²) in [5, 5.41) is 6.90. The molecule has 2 N–H and O–H groups in total. The van der Waals surface area contributed by atoms with Gasteiger partial charge < -0.3 is 15.5 Å². The van der Waals surface area contributed by atoms with E-state index in [4.69, 9.17) is 4.99 Å². The standard InChI is InChI=1S/C23H35N5O.HI/c1-3-14-27-15-11-21(12-16-27)26-23(24-4-2)25-13-7-10-22(29)28-17-19-8-5-6-9-20(19)18-28;/h3,5-6,8-9,21H,1,4,7,10-18H2,2H3,(H2,24,25,26);1H. The highest BCUT2D eigenvalue weighted by Gasteiger charge is 2.22. The normalized spacial score (nSPS) is 17.2. The second kappa shape index (κ2) is 12.9. The maximum Gasteiger partial charge on any atom is 0.223 e. The van der Waals surface area contributed by atoms with Crippen LogP contribution in [0, 0.1) is 0 Å². The van der Waals surface area contributed by atoms with Gasteiger partial charge in [-0.05, 0) is 37.3 Å². The molecule has 0 aliphatic carbocycles. The highest BCUT2D eigenvalue weighted by Crippen LogP contribution is 2.22. The van der Waals surface area contributed by atoms with Crippen LogP contribution in [0.25, 0.3) is 0 Å². The molecule has 1 aromatic rings. The first-order valence-corrected chi connectivity index (χ1v) is 10.9. The zero-order chi connectivity index (χ0) is 20.5. The first kappa shape index (κ1) is 24.7. The van der Waals surface area contributed by atoms with E-state index in [0.717, 1.165) is 64.5 Å². The van der Waals surface area contributed by atoms with Crippen molar-refractivity contribution in [3.63, 3.8) is 0 Å². The van der Waals surface area contributed by atoms with E-state index in [1.165, 1.54) is 11.1 Å². The van der Waals surface area contributed by atoms with Gasteiger partial charge in [0.2, 0.25) is 5.91 Å². The number of aliphatic imine (C=N–C) groups is 1. The zero-order valence-electron chi connectivity index (χ0n) is 18.1. The van der Waals surface area contributed by atoms with E-state index < -0.39 is 0 Å². The molecular formula is C23H36IN5O. The molecule has 7 heteroatoms. The number of carbonyl (C=O) groups excluding carboxylic acids is 1. The van der Waals surface area contributed by atoms with E-state index in [9.17, 15) is 4.79 Å². The number of amides is 1. The maximum atomic E-state index is 12.5.